The van der Waals surface area contributed by atoms with Gasteiger partial charge in [0.2, 0.25) is 6.41 Å². The molecule has 0 aliphatic carbocycles. The summed E-state index contributed by atoms with van der Waals surface area (Å²) in [5, 5.41) is 7.74. The third-order valence-corrected chi connectivity index (χ3v) is 5.39. The molecule has 0 saturated carbocycles. The van der Waals surface area contributed by atoms with Crippen LogP contribution in [-0.4, -0.2) is 28.7 Å². The first-order valence-corrected chi connectivity index (χ1v) is 9.81. The number of aromatic nitrogens is 1. The van der Waals surface area contributed by atoms with Gasteiger partial charge in [0, 0.05) is 17.1 Å². The summed E-state index contributed by atoms with van der Waals surface area (Å²) in [5.74, 6) is 0. The number of aryl methyl sites for hydroxylation is 2. The summed E-state index contributed by atoms with van der Waals surface area (Å²) < 4.78 is 0. The van der Waals surface area contributed by atoms with Crippen LogP contribution >= 0.6 is 22.9 Å². The molecule has 0 aliphatic rings. The number of rotatable bonds is 7. The minimum absolute atomic E-state index is 0.501. The molecule has 27 heavy (non-hydrogen) atoms. The average molecular weight is 398 g/mol. The molecule has 0 spiro atoms. The van der Waals surface area contributed by atoms with Gasteiger partial charge in [-0.3, -0.25) is 4.79 Å². The van der Waals surface area contributed by atoms with Gasteiger partial charge in [0.1, 0.15) is 5.71 Å². The van der Waals surface area contributed by atoms with E-state index in [1.54, 1.807) is 11.3 Å². The number of hydrazone groups is 1. The van der Waals surface area contributed by atoms with Crippen molar-refractivity contribution < 1.29 is 4.79 Å². The van der Waals surface area contributed by atoms with E-state index in [1.165, 1.54) is 5.01 Å². The summed E-state index contributed by atoms with van der Waals surface area (Å²) in [6, 6.07) is 17.5. The van der Waals surface area contributed by atoms with E-state index < -0.39 is 0 Å². The van der Waals surface area contributed by atoms with Gasteiger partial charge in [0.25, 0.3) is 0 Å². The van der Waals surface area contributed by atoms with E-state index in [1.807, 2.05) is 68.4 Å². The van der Waals surface area contributed by atoms with E-state index in [4.69, 9.17) is 11.6 Å². The fourth-order valence-corrected chi connectivity index (χ4v) is 3.79. The lowest BCUT2D eigenvalue weighted by Gasteiger charge is -2.14. The van der Waals surface area contributed by atoms with Gasteiger partial charge in [0.05, 0.1) is 15.6 Å². The number of hydrogen-bond donors (Lipinski definition) is 0. The number of thiazole rings is 1. The molecule has 138 valence electrons. The molecule has 0 bridgehead atoms. The molecule has 0 fully saturated rings. The van der Waals surface area contributed by atoms with Crippen molar-refractivity contribution in [1.29, 1.82) is 0 Å². The Hall–Kier alpha value is -2.50. The summed E-state index contributed by atoms with van der Waals surface area (Å²) in [4.78, 5) is 17.1. The lowest BCUT2D eigenvalue weighted by molar-refractivity contribution is -0.118. The smallest absolute Gasteiger partial charge is 0.229 e. The Labute approximate surface area is 168 Å². The highest BCUT2D eigenvalue weighted by molar-refractivity contribution is 7.14. The summed E-state index contributed by atoms with van der Waals surface area (Å²) in [5.41, 5.74) is 3.70. The van der Waals surface area contributed by atoms with Gasteiger partial charge in [-0.15, -0.1) is 11.3 Å². The minimum atomic E-state index is 0.501. The highest BCUT2D eigenvalue weighted by Gasteiger charge is 2.16. The van der Waals surface area contributed by atoms with Crippen molar-refractivity contribution in [2.45, 2.75) is 20.3 Å². The highest BCUT2D eigenvalue weighted by Crippen LogP contribution is 2.23. The Balaban J connectivity index is 1.93. The second-order valence-electron chi connectivity index (χ2n) is 6.11. The maximum Gasteiger partial charge on any atom is 0.229 e. The van der Waals surface area contributed by atoms with Crippen molar-refractivity contribution in [2.75, 3.05) is 6.54 Å². The van der Waals surface area contributed by atoms with Gasteiger partial charge in [-0.1, -0.05) is 54.1 Å². The van der Waals surface area contributed by atoms with Crippen LogP contribution in [0, 0.1) is 13.8 Å². The molecule has 0 N–H and O–H groups in total. The van der Waals surface area contributed by atoms with Crippen molar-refractivity contribution >= 4 is 35.1 Å². The first kappa shape index (κ1) is 19.3. The quantitative estimate of drug-likeness (QED) is 0.324. The molecule has 0 unspecified atom stereocenters. The third-order valence-electron chi connectivity index (χ3n) is 4.06. The fraction of sp³-hybridized carbons (Fsp3) is 0.190. The molecule has 1 heterocycles. The van der Waals surface area contributed by atoms with Crippen LogP contribution in [0.15, 0.2) is 59.7 Å². The standard InChI is InChI=1S/C21H20ClN3OS/c1-15-21(27-16(2)23-15)20(18-8-10-19(22)11-9-18)24-25(14-26)13-12-17-6-4-3-5-7-17/h3-11,14H,12-13H2,1-2H3/b24-20-. The summed E-state index contributed by atoms with van der Waals surface area (Å²) in [6.07, 6.45) is 1.50. The maximum absolute atomic E-state index is 11.7. The van der Waals surface area contributed by atoms with Gasteiger partial charge >= 0.3 is 0 Å². The van der Waals surface area contributed by atoms with Gasteiger partial charge in [0.15, 0.2) is 0 Å². The Morgan fingerprint density at radius 2 is 1.85 bits per heavy atom. The molecular formula is C21H20ClN3OS. The molecule has 0 radical (unpaired) electrons. The van der Waals surface area contributed by atoms with Crippen molar-refractivity contribution in [3.05, 3.63) is 86.3 Å². The lowest BCUT2D eigenvalue weighted by atomic mass is 10.1. The summed E-state index contributed by atoms with van der Waals surface area (Å²) >= 11 is 7.60. The fourth-order valence-electron chi connectivity index (χ4n) is 2.74. The molecular weight excluding hydrogens is 378 g/mol. The van der Waals surface area contributed by atoms with Crippen LogP contribution in [0.5, 0.6) is 0 Å². The van der Waals surface area contributed by atoms with Crippen LogP contribution in [0.25, 0.3) is 0 Å². The first-order chi connectivity index (χ1) is 13.1. The van der Waals surface area contributed by atoms with Gasteiger partial charge in [-0.25, -0.2) is 9.99 Å². The van der Waals surface area contributed by atoms with Crippen LogP contribution < -0.4 is 0 Å². The van der Waals surface area contributed by atoms with Gasteiger partial charge < -0.3 is 0 Å². The van der Waals surface area contributed by atoms with E-state index in [-0.39, 0.29) is 0 Å². The molecule has 0 saturated heterocycles. The summed E-state index contributed by atoms with van der Waals surface area (Å²) in [6.45, 7) is 4.43. The predicted octanol–water partition coefficient (Wildman–Crippen LogP) is 4.87. The SMILES string of the molecule is Cc1nc(C)c(/C(=N\N(C=O)CCc2ccccc2)c2ccc(Cl)cc2)s1. The second-order valence-corrected chi connectivity index (χ2v) is 7.75. The van der Waals surface area contributed by atoms with Crippen LogP contribution in [0.2, 0.25) is 5.02 Å². The predicted molar refractivity (Wildman–Crippen MR) is 112 cm³/mol. The lowest BCUT2D eigenvalue weighted by Crippen LogP contribution is -2.21. The number of nitrogens with zero attached hydrogens (tertiary/aromatic N) is 3. The molecule has 6 heteroatoms. The van der Waals surface area contributed by atoms with Crippen molar-refractivity contribution in [3.63, 3.8) is 0 Å². The van der Waals surface area contributed by atoms with Crippen LogP contribution in [0.3, 0.4) is 0 Å². The van der Waals surface area contributed by atoms with E-state index in [0.717, 1.165) is 45.2 Å². The molecule has 1 amide bonds. The molecule has 1 aromatic heterocycles. The molecule has 3 aromatic rings. The van der Waals surface area contributed by atoms with Crippen LogP contribution in [0.1, 0.15) is 26.7 Å². The number of hydrogen-bond acceptors (Lipinski definition) is 4. The normalized spacial score (nSPS) is 11.4. The zero-order valence-corrected chi connectivity index (χ0v) is 16.8. The van der Waals surface area contributed by atoms with Crippen molar-refractivity contribution in [3.8, 4) is 0 Å². The largest absolute Gasteiger partial charge is 0.277 e. The third kappa shape index (κ3) is 5.02. The van der Waals surface area contributed by atoms with E-state index in [0.29, 0.717) is 11.6 Å². The monoisotopic (exact) mass is 397 g/mol. The number of benzene rings is 2. The van der Waals surface area contributed by atoms with E-state index >= 15 is 0 Å². The Morgan fingerprint density at radius 1 is 1.15 bits per heavy atom. The van der Waals surface area contributed by atoms with E-state index in [9.17, 15) is 4.79 Å². The Bertz CT molecular complexity index is 936. The highest BCUT2D eigenvalue weighted by atomic mass is 35.5. The Kier molecular flexibility index (Phi) is 6.37. The van der Waals surface area contributed by atoms with Gasteiger partial charge in [-0.05, 0) is 38.0 Å². The van der Waals surface area contributed by atoms with Gasteiger partial charge in [-0.2, -0.15) is 5.10 Å². The molecule has 4 nitrogen and oxygen atoms in total. The number of carbonyl (C=O) groups is 1. The van der Waals surface area contributed by atoms with Crippen molar-refractivity contribution in [2.24, 2.45) is 5.10 Å². The minimum Gasteiger partial charge on any atom is -0.277 e. The molecule has 0 aliphatic heterocycles. The zero-order valence-electron chi connectivity index (χ0n) is 15.2. The second kappa shape index (κ2) is 8.93. The summed E-state index contributed by atoms with van der Waals surface area (Å²) in [7, 11) is 0. The molecule has 2 aromatic carbocycles. The number of amides is 1. The van der Waals surface area contributed by atoms with Crippen molar-refractivity contribution in [1.82, 2.24) is 9.99 Å². The molecule has 0 atom stereocenters. The number of carbonyl (C=O) groups excluding carboxylic acids is 1. The first-order valence-electron chi connectivity index (χ1n) is 8.61. The van der Waals surface area contributed by atoms with E-state index in [2.05, 4.69) is 10.1 Å². The van der Waals surface area contributed by atoms with Crippen LogP contribution in [-0.2, 0) is 11.2 Å². The average Bonchev–Trinajstić information content (AvgIpc) is 3.02. The number of halogens is 1. The Morgan fingerprint density at radius 3 is 2.44 bits per heavy atom. The zero-order chi connectivity index (χ0) is 19.2. The molecule has 3 rings (SSSR count). The maximum atomic E-state index is 11.7. The van der Waals surface area contributed by atoms with Crippen LogP contribution in [0.4, 0.5) is 0 Å². The topological polar surface area (TPSA) is 45.6 Å².